The molecular weight excluding hydrogens is 366 g/mol. The van der Waals surface area contributed by atoms with Crippen molar-refractivity contribution in [3.63, 3.8) is 0 Å². The minimum Gasteiger partial charge on any atom is -0.395 e. The van der Waals surface area contributed by atoms with Crippen LogP contribution in [0.25, 0.3) is 22.2 Å². The molecular formula is C20H16F2N4O2. The number of piperidine rings is 1. The molecule has 0 atom stereocenters. The summed E-state index contributed by atoms with van der Waals surface area (Å²) in [6, 6.07) is 9.07. The summed E-state index contributed by atoms with van der Waals surface area (Å²) >= 11 is 0. The monoisotopic (exact) mass is 382 g/mol. The number of aromatic amines is 1. The molecule has 0 unspecified atom stereocenters. The molecule has 8 heteroatoms. The van der Waals surface area contributed by atoms with E-state index in [9.17, 15) is 14.0 Å². The number of anilines is 1. The van der Waals surface area contributed by atoms with Gasteiger partial charge >= 0.3 is 6.29 Å². The highest BCUT2D eigenvalue weighted by Gasteiger charge is 2.43. The number of nitrogens with zero attached hydrogens (tertiary/aromatic N) is 3. The Morgan fingerprint density at radius 2 is 1.96 bits per heavy atom. The van der Waals surface area contributed by atoms with E-state index < -0.39 is 6.29 Å². The summed E-state index contributed by atoms with van der Waals surface area (Å²) in [7, 11) is 0. The quantitative estimate of drug-likeness (QED) is 0.716. The Labute approximate surface area is 159 Å². The molecule has 28 heavy (non-hydrogen) atoms. The summed E-state index contributed by atoms with van der Waals surface area (Å²) in [6.07, 6.45) is 1.49. The largest absolute Gasteiger partial charge is 0.586 e. The van der Waals surface area contributed by atoms with Gasteiger partial charge in [0.25, 0.3) is 0 Å². The van der Waals surface area contributed by atoms with Crippen LogP contribution in [0.2, 0.25) is 0 Å². The number of nitrogens with one attached hydrogen (secondary N) is 1. The van der Waals surface area contributed by atoms with Crippen molar-refractivity contribution in [1.29, 1.82) is 5.26 Å². The van der Waals surface area contributed by atoms with Crippen LogP contribution in [0.5, 0.6) is 11.5 Å². The summed E-state index contributed by atoms with van der Waals surface area (Å²) < 4.78 is 35.9. The van der Waals surface area contributed by atoms with E-state index in [4.69, 9.17) is 0 Å². The van der Waals surface area contributed by atoms with Gasteiger partial charge in [0.05, 0.1) is 11.8 Å². The Hall–Kier alpha value is -3.34. The minimum atomic E-state index is -3.65. The molecule has 0 spiro atoms. The van der Waals surface area contributed by atoms with Gasteiger partial charge in [-0.25, -0.2) is 4.98 Å². The molecule has 1 N–H and O–H groups in total. The minimum absolute atomic E-state index is 0.00537. The summed E-state index contributed by atoms with van der Waals surface area (Å²) in [6.45, 7) is 1.50. The third-order valence-corrected chi connectivity index (χ3v) is 5.26. The van der Waals surface area contributed by atoms with Crippen molar-refractivity contribution in [2.45, 2.75) is 19.1 Å². The summed E-state index contributed by atoms with van der Waals surface area (Å²) in [5.74, 6) is 0.0858. The molecule has 1 fully saturated rings. The first-order valence-electron chi connectivity index (χ1n) is 9.05. The standard InChI is InChI=1S/C20H16F2N4O2/c21-20(22)27-16-2-1-13(9-17(16)28-20)15-11-25-19-14(3-6-24-19)18(15)26-7-4-12(10-23)5-8-26/h1-3,6,9,11-12H,4-5,7-8H2,(H,24,25). The Balaban J connectivity index is 1.60. The van der Waals surface area contributed by atoms with E-state index in [1.54, 1.807) is 18.3 Å². The fourth-order valence-corrected chi connectivity index (χ4v) is 3.89. The van der Waals surface area contributed by atoms with Crippen LogP contribution in [-0.2, 0) is 0 Å². The van der Waals surface area contributed by atoms with E-state index in [2.05, 4.69) is 30.4 Å². The first-order chi connectivity index (χ1) is 13.5. The molecule has 2 aromatic heterocycles. The fourth-order valence-electron chi connectivity index (χ4n) is 3.89. The van der Waals surface area contributed by atoms with Gasteiger partial charge in [0, 0.05) is 42.4 Å². The fraction of sp³-hybridized carbons (Fsp3) is 0.300. The van der Waals surface area contributed by atoms with Gasteiger partial charge in [0.2, 0.25) is 0 Å². The number of fused-ring (bicyclic) bond motifs is 2. The van der Waals surface area contributed by atoms with Crippen LogP contribution in [0.3, 0.4) is 0 Å². The Morgan fingerprint density at radius 1 is 1.18 bits per heavy atom. The van der Waals surface area contributed by atoms with Crippen molar-refractivity contribution in [3.8, 4) is 28.7 Å². The summed E-state index contributed by atoms with van der Waals surface area (Å²) in [5.41, 5.74) is 3.28. The number of alkyl halides is 2. The lowest BCUT2D eigenvalue weighted by Gasteiger charge is -2.33. The van der Waals surface area contributed by atoms with Gasteiger partial charge < -0.3 is 19.4 Å². The average molecular weight is 382 g/mol. The predicted molar refractivity (Wildman–Crippen MR) is 98.3 cm³/mol. The molecule has 2 aliphatic rings. The van der Waals surface area contributed by atoms with E-state index in [1.165, 1.54) is 6.07 Å². The van der Waals surface area contributed by atoms with E-state index in [1.807, 2.05) is 12.3 Å². The lowest BCUT2D eigenvalue weighted by molar-refractivity contribution is -0.286. The molecule has 0 amide bonds. The average Bonchev–Trinajstić information content (AvgIpc) is 3.29. The van der Waals surface area contributed by atoms with Gasteiger partial charge in [-0.15, -0.1) is 8.78 Å². The molecule has 1 saturated heterocycles. The number of rotatable bonds is 2. The van der Waals surface area contributed by atoms with Crippen molar-refractivity contribution in [2.75, 3.05) is 18.0 Å². The Bertz CT molecular complexity index is 1100. The number of nitriles is 1. The van der Waals surface area contributed by atoms with Gasteiger partial charge in [-0.1, -0.05) is 6.07 Å². The van der Waals surface area contributed by atoms with Crippen molar-refractivity contribution in [2.24, 2.45) is 5.92 Å². The van der Waals surface area contributed by atoms with Crippen molar-refractivity contribution >= 4 is 16.7 Å². The van der Waals surface area contributed by atoms with Crippen LogP contribution in [0, 0.1) is 17.2 Å². The van der Waals surface area contributed by atoms with Gasteiger partial charge in [0.1, 0.15) is 5.65 Å². The molecule has 0 saturated carbocycles. The zero-order valence-electron chi connectivity index (χ0n) is 14.8. The molecule has 6 nitrogen and oxygen atoms in total. The number of ether oxygens (including phenoxy) is 2. The van der Waals surface area contributed by atoms with Crippen LogP contribution in [-0.4, -0.2) is 29.4 Å². The van der Waals surface area contributed by atoms with Crippen molar-refractivity contribution < 1.29 is 18.3 Å². The van der Waals surface area contributed by atoms with Crippen molar-refractivity contribution in [1.82, 2.24) is 9.97 Å². The van der Waals surface area contributed by atoms with Crippen LogP contribution in [0.15, 0.2) is 36.7 Å². The Kier molecular flexibility index (Phi) is 3.66. The summed E-state index contributed by atoms with van der Waals surface area (Å²) in [4.78, 5) is 9.82. The van der Waals surface area contributed by atoms with E-state index in [0.29, 0.717) is 5.56 Å². The lowest BCUT2D eigenvalue weighted by atomic mass is 9.96. The van der Waals surface area contributed by atoms with E-state index in [-0.39, 0.29) is 17.4 Å². The molecule has 3 aromatic rings. The molecule has 142 valence electrons. The van der Waals surface area contributed by atoms with Gasteiger partial charge in [-0.2, -0.15) is 5.26 Å². The first kappa shape index (κ1) is 16.8. The number of benzene rings is 1. The number of halogens is 2. The second-order valence-electron chi connectivity index (χ2n) is 6.98. The number of H-pyrrole nitrogens is 1. The molecule has 5 rings (SSSR count). The molecule has 0 radical (unpaired) electrons. The maximum Gasteiger partial charge on any atom is 0.586 e. The lowest BCUT2D eigenvalue weighted by Crippen LogP contribution is -2.33. The predicted octanol–water partition coefficient (Wildman–Crippen LogP) is 4.29. The highest BCUT2D eigenvalue weighted by Crippen LogP contribution is 2.45. The zero-order valence-corrected chi connectivity index (χ0v) is 14.8. The Morgan fingerprint density at radius 3 is 2.75 bits per heavy atom. The number of hydrogen-bond donors (Lipinski definition) is 1. The second kappa shape index (κ2) is 6.09. The molecule has 1 aromatic carbocycles. The number of pyridine rings is 1. The maximum atomic E-state index is 13.4. The zero-order chi connectivity index (χ0) is 19.3. The topological polar surface area (TPSA) is 74.2 Å². The second-order valence-corrected chi connectivity index (χ2v) is 6.98. The van der Waals surface area contributed by atoms with Crippen LogP contribution >= 0.6 is 0 Å². The molecule has 0 aliphatic carbocycles. The highest BCUT2D eigenvalue weighted by molar-refractivity contribution is 5.99. The molecule has 2 aliphatic heterocycles. The van der Waals surface area contributed by atoms with Crippen molar-refractivity contribution in [3.05, 3.63) is 36.7 Å². The SMILES string of the molecule is N#CC1CCN(c2c(-c3ccc4c(c3)OC(F)(F)O4)cnc3[nH]ccc23)CC1. The molecule has 0 bridgehead atoms. The molecule has 4 heterocycles. The highest BCUT2D eigenvalue weighted by atomic mass is 19.3. The van der Waals surface area contributed by atoms with Crippen LogP contribution < -0.4 is 14.4 Å². The van der Waals surface area contributed by atoms with Crippen LogP contribution in [0.1, 0.15) is 12.8 Å². The maximum absolute atomic E-state index is 13.4. The number of hydrogen-bond acceptors (Lipinski definition) is 5. The van der Waals surface area contributed by atoms with Gasteiger partial charge in [-0.05, 0) is 36.6 Å². The van der Waals surface area contributed by atoms with Gasteiger partial charge in [0.15, 0.2) is 11.5 Å². The van der Waals surface area contributed by atoms with Crippen LogP contribution in [0.4, 0.5) is 14.5 Å². The van der Waals surface area contributed by atoms with E-state index >= 15 is 0 Å². The van der Waals surface area contributed by atoms with E-state index in [0.717, 1.165) is 48.2 Å². The normalized spacial score (nSPS) is 18.4. The number of aromatic nitrogens is 2. The smallest absolute Gasteiger partial charge is 0.395 e. The third kappa shape index (κ3) is 2.71. The summed E-state index contributed by atoms with van der Waals surface area (Å²) in [5, 5.41) is 10.1. The first-order valence-corrected chi connectivity index (χ1v) is 9.05. The third-order valence-electron chi connectivity index (χ3n) is 5.26. The van der Waals surface area contributed by atoms with Gasteiger partial charge in [-0.3, -0.25) is 0 Å².